The Morgan fingerprint density at radius 3 is 2.65 bits per heavy atom. The van der Waals surface area contributed by atoms with Crippen molar-refractivity contribution < 1.29 is 23.8 Å². The number of fused-ring (bicyclic) bond motifs is 1. The highest BCUT2D eigenvalue weighted by Crippen LogP contribution is 2.40. The topological polar surface area (TPSA) is 136 Å². The van der Waals surface area contributed by atoms with Crippen molar-refractivity contribution in [3.05, 3.63) is 74.7 Å². The second-order valence-electron chi connectivity index (χ2n) is 5.47. The summed E-state index contributed by atoms with van der Waals surface area (Å²) in [5, 5.41) is 18.8. The van der Waals surface area contributed by atoms with Gasteiger partial charge in [0.15, 0.2) is 5.76 Å². The van der Waals surface area contributed by atoms with Crippen molar-refractivity contribution in [1.82, 2.24) is 0 Å². The van der Waals surface area contributed by atoms with Crippen LogP contribution in [-0.4, -0.2) is 18.2 Å². The zero-order valence-corrected chi connectivity index (χ0v) is 13.7. The first-order chi connectivity index (χ1) is 12.5. The fraction of sp³-hybridized carbons (Fsp3) is 0.167. The molecule has 1 aromatic carbocycles. The molecule has 0 fully saturated rings. The quantitative estimate of drug-likeness (QED) is 0.783. The second kappa shape index (κ2) is 6.74. The summed E-state index contributed by atoms with van der Waals surface area (Å²) in [5.41, 5.74) is 6.22. The minimum atomic E-state index is -0.811. The molecular formula is C18H14N2O6. The van der Waals surface area contributed by atoms with Gasteiger partial charge in [0.25, 0.3) is 0 Å². The molecule has 1 aromatic heterocycles. The number of hydrogen-bond acceptors (Lipinski definition) is 8. The summed E-state index contributed by atoms with van der Waals surface area (Å²) in [6.07, 6.45) is 0. The van der Waals surface area contributed by atoms with Gasteiger partial charge in [0, 0.05) is 6.07 Å². The van der Waals surface area contributed by atoms with E-state index in [0.29, 0.717) is 11.1 Å². The number of aliphatic hydroxyl groups excluding tert-OH is 1. The number of carbonyl (C=O) groups is 1. The minimum absolute atomic E-state index is 0.0336. The maximum absolute atomic E-state index is 12.2. The molecule has 3 rings (SSSR count). The van der Waals surface area contributed by atoms with Crippen LogP contribution >= 0.6 is 0 Å². The number of esters is 1. The van der Waals surface area contributed by atoms with Crippen molar-refractivity contribution >= 4 is 5.97 Å². The summed E-state index contributed by atoms with van der Waals surface area (Å²) >= 11 is 0. The Kier molecular flexibility index (Phi) is 4.47. The lowest BCUT2D eigenvalue weighted by Crippen LogP contribution is -2.25. The van der Waals surface area contributed by atoms with Crippen LogP contribution in [0.25, 0.3) is 0 Å². The van der Waals surface area contributed by atoms with E-state index < -0.39 is 23.9 Å². The van der Waals surface area contributed by atoms with E-state index in [1.807, 2.05) is 6.07 Å². The van der Waals surface area contributed by atoms with E-state index in [4.69, 9.17) is 14.9 Å². The van der Waals surface area contributed by atoms with Crippen LogP contribution in [-0.2, 0) is 11.3 Å². The summed E-state index contributed by atoms with van der Waals surface area (Å²) in [7, 11) is 1.27. The van der Waals surface area contributed by atoms with Crippen LogP contribution in [0.5, 0.6) is 5.75 Å². The van der Waals surface area contributed by atoms with Crippen molar-refractivity contribution in [3.63, 3.8) is 0 Å². The van der Waals surface area contributed by atoms with Gasteiger partial charge in [0.1, 0.15) is 24.0 Å². The van der Waals surface area contributed by atoms with Gasteiger partial charge in [0.05, 0.1) is 18.6 Å². The fourth-order valence-electron chi connectivity index (χ4n) is 2.72. The highest BCUT2D eigenvalue weighted by atomic mass is 16.5. The number of allylic oxidation sites excluding steroid dienone is 1. The van der Waals surface area contributed by atoms with Crippen molar-refractivity contribution in [2.24, 2.45) is 5.73 Å². The molecule has 3 N–H and O–H groups in total. The molecule has 0 spiro atoms. The van der Waals surface area contributed by atoms with Crippen LogP contribution in [0.4, 0.5) is 0 Å². The SMILES string of the molecule is COC(=O)c1ccc([C@H]2C(C#N)=C(N)Oc3c2oc(CO)cc3=O)cc1. The normalized spacial score (nSPS) is 15.7. The summed E-state index contributed by atoms with van der Waals surface area (Å²) in [5.74, 6) is -1.56. The molecule has 26 heavy (non-hydrogen) atoms. The van der Waals surface area contributed by atoms with Crippen LogP contribution < -0.4 is 15.9 Å². The number of nitrogens with two attached hydrogens (primary N) is 1. The Hall–Kier alpha value is -3.57. The van der Waals surface area contributed by atoms with Crippen LogP contribution in [0, 0.1) is 11.3 Å². The largest absolute Gasteiger partial charge is 0.465 e. The van der Waals surface area contributed by atoms with Gasteiger partial charge >= 0.3 is 5.97 Å². The molecule has 1 atom stereocenters. The number of methoxy groups -OCH3 is 1. The highest BCUT2D eigenvalue weighted by molar-refractivity contribution is 5.89. The lowest BCUT2D eigenvalue weighted by Gasteiger charge is -2.24. The second-order valence-corrected chi connectivity index (χ2v) is 5.47. The molecular weight excluding hydrogens is 340 g/mol. The van der Waals surface area contributed by atoms with Gasteiger partial charge in [-0.25, -0.2) is 4.79 Å². The minimum Gasteiger partial charge on any atom is -0.465 e. The lowest BCUT2D eigenvalue weighted by molar-refractivity contribution is 0.0600. The first-order valence-corrected chi connectivity index (χ1v) is 7.53. The number of nitriles is 1. The zero-order chi connectivity index (χ0) is 18.8. The molecule has 1 aliphatic rings. The Balaban J connectivity index is 2.19. The third kappa shape index (κ3) is 2.81. The number of rotatable bonds is 3. The van der Waals surface area contributed by atoms with Gasteiger partial charge < -0.3 is 24.7 Å². The molecule has 0 unspecified atom stereocenters. The average molecular weight is 354 g/mol. The highest BCUT2D eigenvalue weighted by Gasteiger charge is 2.35. The Bertz CT molecular complexity index is 998. The molecule has 1 aliphatic heterocycles. The van der Waals surface area contributed by atoms with Gasteiger partial charge in [-0.1, -0.05) is 12.1 Å². The molecule has 0 bridgehead atoms. The number of nitrogens with zero attached hydrogens (tertiary/aromatic N) is 1. The molecule has 0 amide bonds. The fourth-order valence-corrected chi connectivity index (χ4v) is 2.72. The zero-order valence-electron chi connectivity index (χ0n) is 13.7. The molecule has 132 valence electrons. The van der Waals surface area contributed by atoms with Crippen LogP contribution in [0.3, 0.4) is 0 Å². The number of ether oxygens (including phenoxy) is 2. The summed E-state index contributed by atoms with van der Waals surface area (Å²) in [6.45, 7) is -0.488. The van der Waals surface area contributed by atoms with E-state index in [9.17, 15) is 20.0 Å². The smallest absolute Gasteiger partial charge is 0.337 e. The number of hydrogen-bond donors (Lipinski definition) is 2. The van der Waals surface area contributed by atoms with Gasteiger partial charge in [-0.3, -0.25) is 4.79 Å². The van der Waals surface area contributed by atoms with Gasteiger partial charge in [-0.15, -0.1) is 0 Å². The third-order valence-corrected chi connectivity index (χ3v) is 3.95. The van der Waals surface area contributed by atoms with Crippen LogP contribution in [0.2, 0.25) is 0 Å². The molecule has 8 heteroatoms. The van der Waals surface area contributed by atoms with E-state index in [1.54, 1.807) is 12.1 Å². The Morgan fingerprint density at radius 1 is 1.38 bits per heavy atom. The van der Waals surface area contributed by atoms with Crippen LogP contribution in [0.15, 0.2) is 51.0 Å². The Morgan fingerprint density at radius 2 is 2.08 bits per heavy atom. The maximum atomic E-state index is 12.2. The van der Waals surface area contributed by atoms with E-state index in [0.717, 1.165) is 6.07 Å². The summed E-state index contributed by atoms with van der Waals surface area (Å²) in [4.78, 5) is 23.8. The lowest BCUT2D eigenvalue weighted by atomic mass is 9.87. The predicted molar refractivity (Wildman–Crippen MR) is 88.0 cm³/mol. The van der Waals surface area contributed by atoms with Crippen molar-refractivity contribution in [2.45, 2.75) is 12.5 Å². The molecule has 0 saturated carbocycles. The Labute approximate surface area is 147 Å². The van der Waals surface area contributed by atoms with Gasteiger partial charge in [-0.2, -0.15) is 5.26 Å². The van der Waals surface area contributed by atoms with E-state index in [1.165, 1.54) is 19.2 Å². The average Bonchev–Trinajstić information content (AvgIpc) is 2.67. The number of aliphatic hydroxyl groups is 1. The third-order valence-electron chi connectivity index (χ3n) is 3.95. The van der Waals surface area contributed by atoms with E-state index in [2.05, 4.69) is 4.74 Å². The van der Waals surface area contributed by atoms with Gasteiger partial charge in [0.2, 0.25) is 17.1 Å². The molecule has 0 radical (unpaired) electrons. The monoisotopic (exact) mass is 354 g/mol. The first kappa shape index (κ1) is 17.3. The van der Waals surface area contributed by atoms with Gasteiger partial charge in [-0.05, 0) is 17.7 Å². The number of carbonyl (C=O) groups excluding carboxylic acids is 1. The first-order valence-electron chi connectivity index (χ1n) is 7.53. The van der Waals surface area contributed by atoms with Crippen LogP contribution in [0.1, 0.15) is 33.4 Å². The van der Waals surface area contributed by atoms with Crippen molar-refractivity contribution in [1.29, 1.82) is 5.26 Å². The summed E-state index contributed by atoms with van der Waals surface area (Å²) < 4.78 is 15.5. The summed E-state index contributed by atoms with van der Waals surface area (Å²) in [6, 6.07) is 9.31. The molecule has 8 nitrogen and oxygen atoms in total. The van der Waals surface area contributed by atoms with E-state index in [-0.39, 0.29) is 28.7 Å². The van der Waals surface area contributed by atoms with Crippen molar-refractivity contribution in [3.8, 4) is 11.8 Å². The molecule has 0 saturated heterocycles. The molecule has 0 aliphatic carbocycles. The number of benzene rings is 1. The van der Waals surface area contributed by atoms with Crippen molar-refractivity contribution in [2.75, 3.05) is 7.11 Å². The molecule has 2 heterocycles. The predicted octanol–water partition coefficient (Wildman–Crippen LogP) is 1.14. The van der Waals surface area contributed by atoms with E-state index >= 15 is 0 Å². The maximum Gasteiger partial charge on any atom is 0.337 e. The standard InChI is InChI=1S/C18H14N2O6/c1-24-18(23)10-4-2-9(3-5-10)14-12(7-19)17(20)26-15-13(22)6-11(8-21)25-16(14)15/h2-6,14,21H,8,20H2,1H3/t14-/m0/s1. The molecule has 2 aromatic rings.